The van der Waals surface area contributed by atoms with Crippen molar-refractivity contribution < 1.29 is 23.2 Å². The van der Waals surface area contributed by atoms with E-state index >= 15 is 0 Å². The van der Waals surface area contributed by atoms with E-state index in [4.69, 9.17) is 20.9 Å². The van der Waals surface area contributed by atoms with Crippen LogP contribution in [0.5, 0.6) is 5.75 Å². The second-order valence-electron chi connectivity index (χ2n) is 8.94. The van der Waals surface area contributed by atoms with Crippen molar-refractivity contribution in [3.63, 3.8) is 0 Å². The number of carbonyl (C=O) groups is 2. The fourth-order valence-electron chi connectivity index (χ4n) is 5.00. The Kier molecular flexibility index (Phi) is 6.16. The van der Waals surface area contributed by atoms with E-state index in [0.29, 0.717) is 17.9 Å². The van der Waals surface area contributed by atoms with Gasteiger partial charge in [0.1, 0.15) is 17.3 Å². The first-order valence-corrected chi connectivity index (χ1v) is 11.3. The lowest BCUT2D eigenvalue weighted by Gasteiger charge is -2.57. The minimum Gasteiger partial charge on any atom is -0.484 e. The number of nitrogens with one attached hydrogen (secondary N) is 2. The molecule has 2 aromatic rings. The number of nitrogens with zero attached hydrogens (tertiary/aromatic N) is 1. The third-order valence-corrected chi connectivity index (χ3v) is 7.21. The summed E-state index contributed by atoms with van der Waals surface area (Å²) in [4.78, 5) is 25.3. The Bertz CT molecular complexity index is 1020. The van der Waals surface area contributed by atoms with Gasteiger partial charge >= 0.3 is 0 Å². The summed E-state index contributed by atoms with van der Waals surface area (Å²) < 4.78 is 24.1. The van der Waals surface area contributed by atoms with Gasteiger partial charge in [-0.15, -0.1) is 0 Å². The smallest absolute Gasteiger partial charge is 0.273 e. The molecule has 1 aromatic carbocycles. The number of rotatable bonds is 7. The quantitative estimate of drug-likeness (QED) is 0.646. The number of amides is 2. The van der Waals surface area contributed by atoms with E-state index in [9.17, 15) is 14.0 Å². The normalized spacial score (nSPS) is 26.6. The fourth-order valence-corrected chi connectivity index (χ4v) is 5.12. The van der Waals surface area contributed by atoms with Crippen molar-refractivity contribution in [2.24, 2.45) is 5.92 Å². The molecule has 32 heavy (non-hydrogen) atoms. The Morgan fingerprint density at radius 3 is 2.62 bits per heavy atom. The van der Waals surface area contributed by atoms with Crippen LogP contribution in [0.2, 0.25) is 5.02 Å². The lowest BCUT2D eigenvalue weighted by Crippen LogP contribution is -2.67. The monoisotopic (exact) mass is 463 g/mol. The van der Waals surface area contributed by atoms with Crippen LogP contribution in [-0.4, -0.2) is 34.7 Å². The average molecular weight is 464 g/mol. The molecule has 1 unspecified atom stereocenters. The Labute approximate surface area is 191 Å². The summed E-state index contributed by atoms with van der Waals surface area (Å²) >= 11 is 5.67. The van der Waals surface area contributed by atoms with Crippen LogP contribution < -0.4 is 15.4 Å². The molecule has 0 spiro atoms. The number of ether oxygens (including phenoxy) is 1. The third-order valence-electron chi connectivity index (χ3n) is 6.91. The number of halogens is 2. The molecule has 1 aromatic heterocycles. The van der Waals surface area contributed by atoms with Crippen molar-refractivity contribution in [3.05, 3.63) is 46.6 Å². The molecule has 9 heteroatoms. The van der Waals surface area contributed by atoms with Gasteiger partial charge < -0.3 is 19.9 Å². The molecule has 3 aliphatic carbocycles. The minimum absolute atomic E-state index is 0.00357. The Morgan fingerprint density at radius 1 is 1.25 bits per heavy atom. The maximum atomic E-state index is 13.6. The van der Waals surface area contributed by atoms with Gasteiger partial charge in [0.25, 0.3) is 11.8 Å². The molecular weight excluding hydrogens is 437 g/mol. The molecule has 7 nitrogen and oxygen atoms in total. The summed E-state index contributed by atoms with van der Waals surface area (Å²) in [6, 6.07) is 5.75. The third kappa shape index (κ3) is 4.46. The average Bonchev–Trinajstić information content (AvgIpc) is 3.25. The molecular formula is C23H27ClFN3O4. The lowest BCUT2D eigenvalue weighted by molar-refractivity contribution is -0.128. The molecule has 2 N–H and O–H groups in total. The Hall–Kier alpha value is -2.61. The summed E-state index contributed by atoms with van der Waals surface area (Å²) in [6.07, 6.45) is 4.50. The van der Waals surface area contributed by atoms with E-state index < -0.39 is 5.82 Å². The van der Waals surface area contributed by atoms with Crippen LogP contribution in [0.4, 0.5) is 4.39 Å². The summed E-state index contributed by atoms with van der Waals surface area (Å²) in [5.74, 6) is 0.0410. The van der Waals surface area contributed by atoms with Gasteiger partial charge in [-0.25, -0.2) is 4.39 Å². The van der Waals surface area contributed by atoms with Crippen LogP contribution in [0, 0.1) is 11.7 Å². The van der Waals surface area contributed by atoms with Crippen molar-refractivity contribution in [3.8, 4) is 5.75 Å². The summed E-state index contributed by atoms with van der Waals surface area (Å²) in [5.41, 5.74) is -0.331. The molecule has 0 radical (unpaired) electrons. The van der Waals surface area contributed by atoms with Crippen molar-refractivity contribution in [2.45, 2.75) is 63.5 Å². The number of fused-ring (bicyclic) bond motifs is 3. The first-order valence-electron chi connectivity index (χ1n) is 10.9. The number of aryl methyl sites for hydroxylation is 1. The highest BCUT2D eigenvalue weighted by Crippen LogP contribution is 2.50. The largest absolute Gasteiger partial charge is 0.484 e. The zero-order valence-electron chi connectivity index (χ0n) is 18.2. The number of aromatic nitrogens is 1. The highest BCUT2D eigenvalue weighted by molar-refractivity contribution is 6.30. The Balaban J connectivity index is 1.34. The van der Waals surface area contributed by atoms with Gasteiger partial charge in [-0.05, 0) is 50.2 Å². The van der Waals surface area contributed by atoms with Crippen molar-refractivity contribution in [1.82, 2.24) is 15.8 Å². The number of carbonyl (C=O) groups excluding carboxylic acids is 2. The topological polar surface area (TPSA) is 93.5 Å². The van der Waals surface area contributed by atoms with E-state index in [-0.39, 0.29) is 46.2 Å². The molecule has 2 bridgehead atoms. The molecule has 1 atom stereocenters. The SMILES string of the molecule is CCc1cc(C(=O)NC23CCC(NC(=O)COc4ccc(Cl)c(F)c4)(CC2)C(C)C3)no1. The van der Waals surface area contributed by atoms with Crippen LogP contribution in [0.3, 0.4) is 0 Å². The van der Waals surface area contributed by atoms with Gasteiger partial charge in [-0.3, -0.25) is 9.59 Å². The Morgan fingerprint density at radius 2 is 2.00 bits per heavy atom. The molecule has 1 heterocycles. The molecule has 5 rings (SSSR count). The van der Waals surface area contributed by atoms with Crippen molar-refractivity contribution in [1.29, 1.82) is 0 Å². The van der Waals surface area contributed by atoms with Gasteiger partial charge in [0.05, 0.1) is 5.02 Å². The van der Waals surface area contributed by atoms with Crippen LogP contribution in [0.25, 0.3) is 0 Å². The molecule has 3 saturated carbocycles. The zero-order chi connectivity index (χ0) is 22.9. The minimum atomic E-state index is -0.591. The zero-order valence-corrected chi connectivity index (χ0v) is 18.9. The van der Waals surface area contributed by atoms with Crippen LogP contribution in [0.15, 0.2) is 28.8 Å². The van der Waals surface area contributed by atoms with Crippen LogP contribution in [-0.2, 0) is 11.2 Å². The highest BCUT2D eigenvalue weighted by Gasteiger charge is 2.54. The summed E-state index contributed by atoms with van der Waals surface area (Å²) in [5, 5.41) is 10.2. The van der Waals surface area contributed by atoms with E-state index in [0.717, 1.165) is 38.2 Å². The first kappa shape index (κ1) is 22.6. The van der Waals surface area contributed by atoms with Gasteiger partial charge in [0, 0.05) is 29.6 Å². The molecule has 2 amide bonds. The molecule has 0 saturated heterocycles. The summed E-state index contributed by atoms with van der Waals surface area (Å²) in [7, 11) is 0. The van der Waals surface area contributed by atoms with Gasteiger partial charge in [-0.2, -0.15) is 0 Å². The number of hydrogen-bond acceptors (Lipinski definition) is 5. The predicted octanol–water partition coefficient (Wildman–Crippen LogP) is 4.05. The van der Waals surface area contributed by atoms with Crippen molar-refractivity contribution in [2.75, 3.05) is 6.61 Å². The molecule has 3 fully saturated rings. The molecule has 3 aliphatic rings. The first-order chi connectivity index (χ1) is 15.2. The fraction of sp³-hybridized carbons (Fsp3) is 0.522. The van der Waals surface area contributed by atoms with Gasteiger partial charge in [0.15, 0.2) is 12.3 Å². The van der Waals surface area contributed by atoms with E-state index in [1.807, 2.05) is 6.92 Å². The number of benzene rings is 1. The predicted molar refractivity (Wildman–Crippen MR) is 116 cm³/mol. The maximum Gasteiger partial charge on any atom is 0.273 e. The van der Waals surface area contributed by atoms with Gasteiger partial charge in [0.2, 0.25) is 0 Å². The summed E-state index contributed by atoms with van der Waals surface area (Å²) in [6.45, 7) is 3.83. The maximum absolute atomic E-state index is 13.6. The highest BCUT2D eigenvalue weighted by atomic mass is 35.5. The van der Waals surface area contributed by atoms with Crippen molar-refractivity contribution >= 4 is 23.4 Å². The van der Waals surface area contributed by atoms with E-state index in [2.05, 4.69) is 22.7 Å². The molecule has 0 aliphatic heterocycles. The standard InChI is InChI=1S/C23H27ClFN3O4/c1-3-15-11-19(28-32-15)21(30)27-22-6-8-23(9-7-22,14(2)12-22)26-20(29)13-31-16-4-5-17(24)18(25)10-16/h4-5,10-11,14H,3,6-9,12-13H2,1-2H3,(H,26,29)(H,27,30). The number of hydrogen-bond donors (Lipinski definition) is 2. The van der Waals surface area contributed by atoms with Crippen LogP contribution in [0.1, 0.15) is 62.2 Å². The second-order valence-corrected chi connectivity index (χ2v) is 9.35. The van der Waals surface area contributed by atoms with Gasteiger partial charge in [-0.1, -0.05) is 30.6 Å². The van der Waals surface area contributed by atoms with E-state index in [1.165, 1.54) is 12.1 Å². The lowest BCUT2D eigenvalue weighted by atomic mass is 9.56. The molecule has 172 valence electrons. The van der Waals surface area contributed by atoms with Crippen LogP contribution >= 0.6 is 11.6 Å². The second kappa shape index (κ2) is 8.73. The van der Waals surface area contributed by atoms with E-state index in [1.54, 1.807) is 6.07 Å².